The molecule has 2 heterocycles. The maximum atomic E-state index is 11.0. The van der Waals surface area contributed by atoms with Crippen molar-refractivity contribution in [1.29, 1.82) is 0 Å². The number of nitrogens with zero attached hydrogens (tertiary/aromatic N) is 5. The highest BCUT2D eigenvalue weighted by Crippen LogP contribution is 2.11. The molecule has 0 aliphatic carbocycles. The molecule has 0 fully saturated rings. The Hall–Kier alpha value is -2.27. The van der Waals surface area contributed by atoms with Crippen molar-refractivity contribution >= 4 is 5.97 Å². The largest absolute Gasteiger partial charge is 0.480 e. The van der Waals surface area contributed by atoms with E-state index in [0.717, 1.165) is 44.1 Å². The third-order valence-corrected chi connectivity index (χ3v) is 5.25. The zero-order valence-electron chi connectivity index (χ0n) is 19.4. The molecule has 10 heteroatoms. The normalized spacial score (nSPS) is 12.5. The van der Waals surface area contributed by atoms with E-state index in [0.29, 0.717) is 45.9 Å². The number of carboxylic acids is 1. The third kappa shape index (κ3) is 9.07. The molecule has 32 heavy (non-hydrogen) atoms. The first kappa shape index (κ1) is 26.0. The number of nitrogens with two attached hydrogens (primary N) is 1. The molecule has 0 radical (unpaired) electrons. The van der Waals surface area contributed by atoms with Gasteiger partial charge in [0.25, 0.3) is 0 Å². The summed E-state index contributed by atoms with van der Waals surface area (Å²) in [7, 11) is 0. The fourth-order valence-corrected chi connectivity index (χ4v) is 3.44. The summed E-state index contributed by atoms with van der Waals surface area (Å²) in [6.45, 7) is 10.3. The van der Waals surface area contributed by atoms with Crippen molar-refractivity contribution in [2.45, 2.75) is 65.3 Å². The molecule has 2 aromatic heterocycles. The predicted octanol–water partition coefficient (Wildman–Crippen LogP) is 1.74. The molecule has 0 saturated carbocycles. The van der Waals surface area contributed by atoms with Crippen molar-refractivity contribution < 1.29 is 19.4 Å². The van der Waals surface area contributed by atoms with Crippen LogP contribution in [0.3, 0.4) is 0 Å². The van der Waals surface area contributed by atoms with Crippen LogP contribution in [-0.4, -0.2) is 74.1 Å². The van der Waals surface area contributed by atoms with Crippen LogP contribution in [-0.2, 0) is 40.4 Å². The summed E-state index contributed by atoms with van der Waals surface area (Å²) >= 11 is 0. The molecule has 1 atom stereocenters. The molecule has 0 aliphatic rings. The molecule has 0 bridgehead atoms. The van der Waals surface area contributed by atoms with Gasteiger partial charge < -0.3 is 29.4 Å². The number of aromatic nitrogens is 4. The van der Waals surface area contributed by atoms with E-state index in [1.54, 1.807) is 0 Å². The molecule has 0 aromatic carbocycles. The van der Waals surface area contributed by atoms with Crippen molar-refractivity contribution in [1.82, 2.24) is 24.0 Å². The molecule has 0 saturated heterocycles. The van der Waals surface area contributed by atoms with Crippen molar-refractivity contribution in [3.05, 3.63) is 36.4 Å². The lowest BCUT2D eigenvalue weighted by molar-refractivity contribution is -0.138. The Kier molecular flexibility index (Phi) is 12.0. The van der Waals surface area contributed by atoms with Crippen LogP contribution in [0.2, 0.25) is 0 Å². The van der Waals surface area contributed by atoms with Gasteiger partial charge in [0, 0.05) is 51.1 Å². The molecule has 180 valence electrons. The number of ether oxygens (including phenoxy) is 2. The number of rotatable bonds is 18. The topological polar surface area (TPSA) is 121 Å². The van der Waals surface area contributed by atoms with E-state index < -0.39 is 12.0 Å². The number of hydrogen-bond acceptors (Lipinski definition) is 7. The summed E-state index contributed by atoms with van der Waals surface area (Å²) in [6.07, 6.45) is 9.64. The summed E-state index contributed by atoms with van der Waals surface area (Å²) in [5, 5.41) is 8.99. The average Bonchev–Trinajstić information content (AvgIpc) is 3.40. The van der Waals surface area contributed by atoms with Crippen LogP contribution in [0, 0.1) is 0 Å². The lowest BCUT2D eigenvalue weighted by Gasteiger charge is -2.23. The standard InChI is InChI=1S/C22H38N6O4/c1-3-31-15-13-27-11-8-24-20(27)17-26(10-6-5-7-19(23)22(29)30)18-21-25-9-12-28(21)14-16-32-4-2/h8-9,11-12,19H,3-7,10,13-18,23H2,1-2H3,(H,29,30)/t19-/m0/s1. The Morgan fingerprint density at radius 1 is 1.03 bits per heavy atom. The molecular formula is C22H38N6O4. The van der Waals surface area contributed by atoms with Crippen molar-refractivity contribution in [3.8, 4) is 0 Å². The van der Waals surface area contributed by atoms with Crippen LogP contribution >= 0.6 is 0 Å². The Bertz CT molecular complexity index is 728. The number of unbranched alkanes of at least 4 members (excludes halogenated alkanes) is 1. The van der Waals surface area contributed by atoms with Crippen molar-refractivity contribution in [3.63, 3.8) is 0 Å². The molecule has 0 spiro atoms. The minimum Gasteiger partial charge on any atom is -0.480 e. The number of carbonyl (C=O) groups is 1. The highest BCUT2D eigenvalue weighted by atomic mass is 16.5. The quantitative estimate of drug-likeness (QED) is 0.330. The molecular weight excluding hydrogens is 412 g/mol. The Morgan fingerprint density at radius 3 is 2.03 bits per heavy atom. The number of aliphatic carboxylic acids is 1. The molecule has 2 rings (SSSR count). The summed E-state index contributed by atoms with van der Waals surface area (Å²) in [4.78, 5) is 22.4. The van der Waals surface area contributed by atoms with Crippen molar-refractivity contribution in [2.75, 3.05) is 33.0 Å². The minimum atomic E-state index is -0.950. The highest BCUT2D eigenvalue weighted by Gasteiger charge is 2.15. The zero-order valence-corrected chi connectivity index (χ0v) is 19.4. The Balaban J connectivity index is 2.01. The smallest absolute Gasteiger partial charge is 0.320 e. The molecule has 0 aliphatic heterocycles. The summed E-state index contributed by atoms with van der Waals surface area (Å²) in [5.41, 5.74) is 5.64. The summed E-state index contributed by atoms with van der Waals surface area (Å²) in [5.74, 6) is 0.994. The van der Waals surface area contributed by atoms with Gasteiger partial charge >= 0.3 is 5.97 Å². The van der Waals surface area contributed by atoms with Gasteiger partial charge in [-0.2, -0.15) is 0 Å². The zero-order chi connectivity index (χ0) is 23.2. The molecule has 3 N–H and O–H groups in total. The van der Waals surface area contributed by atoms with Gasteiger partial charge in [0.1, 0.15) is 17.7 Å². The molecule has 10 nitrogen and oxygen atoms in total. The van der Waals surface area contributed by atoms with Crippen LogP contribution in [0.25, 0.3) is 0 Å². The van der Waals surface area contributed by atoms with E-state index in [1.165, 1.54) is 0 Å². The predicted molar refractivity (Wildman–Crippen MR) is 121 cm³/mol. The van der Waals surface area contributed by atoms with E-state index in [-0.39, 0.29) is 0 Å². The first-order valence-electron chi connectivity index (χ1n) is 11.4. The molecule has 2 aromatic rings. The van der Waals surface area contributed by atoms with E-state index in [1.807, 2.05) is 38.6 Å². The summed E-state index contributed by atoms with van der Waals surface area (Å²) < 4.78 is 15.2. The molecule has 0 unspecified atom stereocenters. The van der Waals surface area contributed by atoms with Gasteiger partial charge in [-0.1, -0.05) is 6.42 Å². The Morgan fingerprint density at radius 2 is 1.56 bits per heavy atom. The van der Waals surface area contributed by atoms with Crippen LogP contribution in [0.15, 0.2) is 24.8 Å². The van der Waals surface area contributed by atoms with E-state index in [4.69, 9.17) is 20.3 Å². The van der Waals surface area contributed by atoms with Crippen LogP contribution < -0.4 is 5.73 Å². The van der Waals surface area contributed by atoms with Gasteiger partial charge in [0.05, 0.1) is 26.3 Å². The Labute approximate surface area is 190 Å². The first-order chi connectivity index (χ1) is 15.5. The lowest BCUT2D eigenvalue weighted by atomic mass is 10.1. The second-order valence-corrected chi connectivity index (χ2v) is 7.62. The SMILES string of the molecule is CCOCCn1ccnc1CN(CCCC[C@H](N)C(=O)O)Cc1nccn1CCOCC. The van der Waals surface area contributed by atoms with Crippen molar-refractivity contribution in [2.24, 2.45) is 5.73 Å². The van der Waals surface area contributed by atoms with Gasteiger partial charge in [0.15, 0.2) is 0 Å². The van der Waals surface area contributed by atoms with Gasteiger partial charge in [-0.3, -0.25) is 9.69 Å². The van der Waals surface area contributed by atoms with Crippen LogP contribution in [0.4, 0.5) is 0 Å². The van der Waals surface area contributed by atoms with E-state index in [2.05, 4.69) is 24.0 Å². The van der Waals surface area contributed by atoms with E-state index in [9.17, 15) is 4.79 Å². The van der Waals surface area contributed by atoms with Gasteiger partial charge in [-0.05, 0) is 33.2 Å². The number of hydrogen-bond donors (Lipinski definition) is 2. The van der Waals surface area contributed by atoms with Gasteiger partial charge in [-0.25, -0.2) is 9.97 Å². The maximum Gasteiger partial charge on any atom is 0.320 e. The number of imidazole rings is 2. The van der Waals surface area contributed by atoms with Crippen LogP contribution in [0.5, 0.6) is 0 Å². The second kappa shape index (κ2) is 14.7. The third-order valence-electron chi connectivity index (χ3n) is 5.25. The fourth-order valence-electron chi connectivity index (χ4n) is 3.44. The van der Waals surface area contributed by atoms with Gasteiger partial charge in [0.2, 0.25) is 0 Å². The van der Waals surface area contributed by atoms with E-state index >= 15 is 0 Å². The highest BCUT2D eigenvalue weighted by molar-refractivity contribution is 5.72. The minimum absolute atomic E-state index is 0.467. The fraction of sp³-hybridized carbons (Fsp3) is 0.682. The first-order valence-corrected chi connectivity index (χ1v) is 11.4. The van der Waals surface area contributed by atoms with Gasteiger partial charge in [-0.15, -0.1) is 0 Å². The molecule has 0 amide bonds. The maximum absolute atomic E-state index is 11.0. The lowest BCUT2D eigenvalue weighted by Crippen LogP contribution is -2.31. The average molecular weight is 451 g/mol. The second-order valence-electron chi connectivity index (χ2n) is 7.62. The monoisotopic (exact) mass is 450 g/mol. The van der Waals surface area contributed by atoms with Crippen LogP contribution in [0.1, 0.15) is 44.8 Å². The number of carboxylic acid groups (broad SMARTS) is 1. The summed E-state index contributed by atoms with van der Waals surface area (Å²) in [6, 6.07) is -0.807.